The highest BCUT2D eigenvalue weighted by Crippen LogP contribution is 2.42. The maximum absolute atomic E-state index is 13.2. The smallest absolute Gasteiger partial charge is 0.337 e. The Morgan fingerprint density at radius 3 is 2.53 bits per heavy atom. The predicted octanol–water partition coefficient (Wildman–Crippen LogP) is 4.57. The van der Waals surface area contributed by atoms with Gasteiger partial charge in [0.25, 0.3) is 11.7 Å². The van der Waals surface area contributed by atoms with E-state index >= 15 is 0 Å². The van der Waals surface area contributed by atoms with Crippen molar-refractivity contribution in [2.24, 2.45) is 0 Å². The Balaban J connectivity index is 1.66. The number of benzene rings is 2. The van der Waals surface area contributed by atoms with Crippen LogP contribution in [-0.2, 0) is 27.2 Å². The largest absolute Gasteiger partial charge is 0.507 e. The number of hydrogen-bond donors (Lipinski definition) is 1. The Hall–Kier alpha value is -4.13. The summed E-state index contributed by atoms with van der Waals surface area (Å²) in [7, 11) is 1.27. The standard InChI is InChI=1S/C27H23NO6/c1-33-27(32)19-8-4-9-20(15-19)28-23(21-10-5-13-34-21)22(25(30)26(28)31)24(29)18-12-11-16-6-2-3-7-17(16)14-18/h4-5,8-15,23,29H,2-3,6-7H2,1H3/b24-22-. The minimum atomic E-state index is -0.987. The van der Waals surface area contributed by atoms with Crippen molar-refractivity contribution >= 4 is 29.1 Å². The molecule has 172 valence electrons. The Morgan fingerprint density at radius 1 is 1.00 bits per heavy atom. The fourth-order valence-electron chi connectivity index (χ4n) is 4.75. The number of methoxy groups -OCH3 is 1. The van der Waals surface area contributed by atoms with Crippen molar-refractivity contribution in [3.63, 3.8) is 0 Å². The maximum atomic E-state index is 13.2. The molecule has 1 fully saturated rings. The van der Waals surface area contributed by atoms with Gasteiger partial charge in [0.1, 0.15) is 17.6 Å². The number of esters is 1. The average Bonchev–Trinajstić information content (AvgIpc) is 3.49. The van der Waals surface area contributed by atoms with Gasteiger partial charge in [-0.05, 0) is 73.2 Å². The zero-order chi connectivity index (χ0) is 23.8. The van der Waals surface area contributed by atoms with Crippen LogP contribution in [0.1, 0.15) is 51.7 Å². The first-order chi connectivity index (χ1) is 16.5. The molecule has 1 aliphatic heterocycles. The van der Waals surface area contributed by atoms with E-state index in [2.05, 4.69) is 0 Å². The first kappa shape index (κ1) is 21.7. The van der Waals surface area contributed by atoms with Crippen molar-refractivity contribution in [2.45, 2.75) is 31.7 Å². The zero-order valence-electron chi connectivity index (χ0n) is 18.6. The molecule has 1 amide bonds. The fourth-order valence-corrected chi connectivity index (χ4v) is 4.75. The molecule has 2 aliphatic rings. The lowest BCUT2D eigenvalue weighted by atomic mass is 9.89. The van der Waals surface area contributed by atoms with Gasteiger partial charge in [-0.1, -0.05) is 18.2 Å². The molecule has 1 N–H and O–H groups in total. The number of anilines is 1. The molecule has 7 nitrogen and oxygen atoms in total. The van der Waals surface area contributed by atoms with Crippen molar-refractivity contribution < 1.29 is 28.6 Å². The molecular weight excluding hydrogens is 434 g/mol. The van der Waals surface area contributed by atoms with E-state index in [-0.39, 0.29) is 16.9 Å². The summed E-state index contributed by atoms with van der Waals surface area (Å²) in [5.41, 5.74) is 3.36. The predicted molar refractivity (Wildman–Crippen MR) is 124 cm³/mol. The first-order valence-electron chi connectivity index (χ1n) is 11.1. The van der Waals surface area contributed by atoms with E-state index in [1.165, 1.54) is 29.9 Å². The molecule has 1 aromatic heterocycles. The molecule has 0 bridgehead atoms. The topological polar surface area (TPSA) is 97.0 Å². The van der Waals surface area contributed by atoms with Crippen molar-refractivity contribution in [3.05, 3.63) is 94.4 Å². The highest BCUT2D eigenvalue weighted by molar-refractivity contribution is 6.51. The Bertz CT molecular complexity index is 1320. The average molecular weight is 457 g/mol. The summed E-state index contributed by atoms with van der Waals surface area (Å²) in [5.74, 6) is -2.13. The van der Waals surface area contributed by atoms with E-state index in [1.54, 1.807) is 36.4 Å². The Kier molecular flexibility index (Phi) is 5.53. The minimum absolute atomic E-state index is 0.0563. The number of aliphatic hydroxyl groups is 1. The van der Waals surface area contributed by atoms with Gasteiger partial charge in [-0.3, -0.25) is 14.5 Å². The van der Waals surface area contributed by atoms with Gasteiger partial charge in [-0.15, -0.1) is 0 Å². The monoisotopic (exact) mass is 457 g/mol. The van der Waals surface area contributed by atoms with Crippen LogP contribution < -0.4 is 4.90 Å². The van der Waals surface area contributed by atoms with E-state index in [1.807, 2.05) is 12.1 Å². The third-order valence-electron chi connectivity index (χ3n) is 6.42. The molecule has 1 unspecified atom stereocenters. The molecule has 0 spiro atoms. The molecule has 7 heteroatoms. The van der Waals surface area contributed by atoms with Crippen molar-refractivity contribution in [1.82, 2.24) is 0 Å². The summed E-state index contributed by atoms with van der Waals surface area (Å²) in [5, 5.41) is 11.3. The van der Waals surface area contributed by atoms with Crippen LogP contribution in [0.5, 0.6) is 0 Å². The second kappa shape index (κ2) is 8.67. The van der Waals surface area contributed by atoms with Crippen molar-refractivity contribution in [2.75, 3.05) is 12.0 Å². The first-order valence-corrected chi connectivity index (χ1v) is 11.1. The number of Topliss-reactive ketones (excluding diaryl/α,β-unsaturated/α-hetero) is 1. The lowest BCUT2D eigenvalue weighted by Crippen LogP contribution is -2.29. The normalized spacial score (nSPS) is 19.2. The van der Waals surface area contributed by atoms with E-state index in [0.29, 0.717) is 17.0 Å². The Labute approximate surface area is 196 Å². The number of carbonyl (C=O) groups excluding carboxylic acids is 3. The number of amides is 1. The third kappa shape index (κ3) is 3.59. The molecule has 0 radical (unpaired) electrons. The van der Waals surface area contributed by atoms with Crippen molar-refractivity contribution in [3.8, 4) is 0 Å². The highest BCUT2D eigenvalue weighted by atomic mass is 16.5. The van der Waals surface area contributed by atoms with Gasteiger partial charge in [-0.25, -0.2) is 4.79 Å². The minimum Gasteiger partial charge on any atom is -0.507 e. The summed E-state index contributed by atoms with van der Waals surface area (Å²) in [6, 6.07) is 14.2. The van der Waals surface area contributed by atoms with E-state index in [9.17, 15) is 19.5 Å². The maximum Gasteiger partial charge on any atom is 0.337 e. The SMILES string of the molecule is COC(=O)c1cccc(N2C(=O)C(=O)/C(=C(\O)c3ccc4c(c3)CCCC4)C2c2ccco2)c1. The lowest BCUT2D eigenvalue weighted by Gasteiger charge is -2.24. The number of nitrogens with zero attached hydrogens (tertiary/aromatic N) is 1. The van der Waals surface area contributed by atoms with Gasteiger partial charge >= 0.3 is 5.97 Å². The molecule has 1 atom stereocenters. The molecule has 1 saturated heterocycles. The summed E-state index contributed by atoms with van der Waals surface area (Å²) in [4.78, 5) is 39.7. The van der Waals surface area contributed by atoms with Gasteiger partial charge in [0.2, 0.25) is 0 Å². The summed E-state index contributed by atoms with van der Waals surface area (Å²) < 4.78 is 10.4. The van der Waals surface area contributed by atoms with Gasteiger partial charge in [0, 0.05) is 11.3 Å². The lowest BCUT2D eigenvalue weighted by molar-refractivity contribution is -0.132. The second-order valence-corrected chi connectivity index (χ2v) is 8.42. The van der Waals surface area contributed by atoms with Crippen LogP contribution in [0, 0.1) is 0 Å². The van der Waals surface area contributed by atoms with E-state index in [4.69, 9.17) is 9.15 Å². The molecular formula is C27H23NO6. The molecule has 34 heavy (non-hydrogen) atoms. The molecule has 2 aromatic carbocycles. The van der Waals surface area contributed by atoms with Gasteiger partial charge < -0.3 is 14.3 Å². The van der Waals surface area contributed by atoms with Gasteiger partial charge in [-0.2, -0.15) is 0 Å². The number of rotatable bonds is 4. The molecule has 0 saturated carbocycles. The second-order valence-electron chi connectivity index (χ2n) is 8.42. The molecule has 1 aliphatic carbocycles. The van der Waals surface area contributed by atoms with Crippen LogP contribution in [0.2, 0.25) is 0 Å². The number of aliphatic hydroxyl groups excluding tert-OH is 1. The van der Waals surface area contributed by atoms with Gasteiger partial charge in [0.05, 0.1) is 24.5 Å². The van der Waals surface area contributed by atoms with E-state index in [0.717, 1.165) is 31.2 Å². The number of fused-ring (bicyclic) bond motifs is 1. The van der Waals surface area contributed by atoms with Crippen LogP contribution >= 0.6 is 0 Å². The van der Waals surface area contributed by atoms with Gasteiger partial charge in [0.15, 0.2) is 0 Å². The summed E-state index contributed by atoms with van der Waals surface area (Å²) >= 11 is 0. The number of ether oxygens (including phenoxy) is 1. The van der Waals surface area contributed by atoms with E-state index < -0.39 is 23.7 Å². The number of furan rings is 1. The van der Waals surface area contributed by atoms with Crippen LogP contribution in [-0.4, -0.2) is 29.9 Å². The molecule has 2 heterocycles. The van der Waals surface area contributed by atoms with Crippen LogP contribution in [0.25, 0.3) is 5.76 Å². The fraction of sp³-hybridized carbons (Fsp3) is 0.222. The summed E-state index contributed by atoms with van der Waals surface area (Å²) in [6.07, 6.45) is 5.55. The van der Waals surface area contributed by atoms with Crippen LogP contribution in [0.15, 0.2) is 70.9 Å². The molecule has 5 rings (SSSR count). The highest BCUT2D eigenvalue weighted by Gasteiger charge is 2.48. The number of carbonyl (C=O) groups is 3. The van der Waals surface area contributed by atoms with Crippen molar-refractivity contribution in [1.29, 1.82) is 0 Å². The number of aryl methyl sites for hydroxylation is 2. The third-order valence-corrected chi connectivity index (χ3v) is 6.42. The summed E-state index contributed by atoms with van der Waals surface area (Å²) in [6.45, 7) is 0. The van der Waals surface area contributed by atoms with Crippen LogP contribution in [0.4, 0.5) is 5.69 Å². The zero-order valence-corrected chi connectivity index (χ0v) is 18.6. The quantitative estimate of drug-likeness (QED) is 0.267. The number of hydrogen-bond acceptors (Lipinski definition) is 6. The number of ketones is 1. The van der Waals surface area contributed by atoms with Crippen LogP contribution in [0.3, 0.4) is 0 Å². The molecule has 3 aromatic rings. The Morgan fingerprint density at radius 2 is 1.79 bits per heavy atom.